The van der Waals surface area contributed by atoms with Crippen LogP contribution in [-0.2, 0) is 13.9 Å². The van der Waals surface area contributed by atoms with E-state index in [9.17, 15) is 9.36 Å². The first kappa shape index (κ1) is 15.8. The Labute approximate surface area is 115 Å². The van der Waals surface area contributed by atoms with Gasteiger partial charge in [-0.2, -0.15) is 5.48 Å². The van der Waals surface area contributed by atoms with Gasteiger partial charge in [-0.1, -0.05) is 0 Å². The second-order valence-electron chi connectivity index (χ2n) is 1.45. The fourth-order valence-corrected chi connectivity index (χ4v) is 0.444. The standard InChI is InChI=1S/C2H6N3O6P.K.H/c3-1(4)5-10-2(6)11-12(7,8)9;;/h(H4,3,4,5)(H2,7,8,9);;. The molecule has 0 aromatic carbocycles. The molecule has 0 bridgehead atoms. The Morgan fingerprint density at radius 3 is 2.31 bits per heavy atom. The average Bonchev–Trinajstić information content (AvgIpc) is 1.79. The van der Waals surface area contributed by atoms with Gasteiger partial charge >= 0.3 is 65.4 Å². The molecule has 0 saturated heterocycles. The Morgan fingerprint density at radius 2 is 2.00 bits per heavy atom. The summed E-state index contributed by atoms with van der Waals surface area (Å²) in [5.74, 6) is -0.710. The number of nitrogens with one attached hydrogen (secondary N) is 2. The molecule has 72 valence electrons. The van der Waals surface area contributed by atoms with Gasteiger partial charge in [0.2, 0.25) is 5.96 Å². The van der Waals surface area contributed by atoms with Crippen LogP contribution in [0.3, 0.4) is 0 Å². The Morgan fingerprint density at radius 1 is 1.54 bits per heavy atom. The molecule has 0 aliphatic carbocycles. The normalized spacial score (nSPS) is 9.38. The van der Waals surface area contributed by atoms with Crippen LogP contribution in [0.25, 0.3) is 0 Å². The zero-order valence-electron chi connectivity index (χ0n) is 5.55. The summed E-state index contributed by atoms with van der Waals surface area (Å²) in [5.41, 5.74) is 6.16. The molecule has 6 N–H and O–H groups in total. The van der Waals surface area contributed by atoms with Gasteiger partial charge < -0.3 is 15.1 Å². The van der Waals surface area contributed by atoms with Crippen molar-refractivity contribution in [2.75, 3.05) is 0 Å². The fraction of sp³-hybridized carbons (Fsp3) is 0. The molecular weight excluding hydrogens is 232 g/mol. The van der Waals surface area contributed by atoms with Gasteiger partial charge in [0.05, 0.1) is 0 Å². The number of rotatable bonds is 1. The van der Waals surface area contributed by atoms with Gasteiger partial charge in [-0.25, -0.2) is 9.36 Å². The molecule has 11 heteroatoms. The van der Waals surface area contributed by atoms with E-state index in [0.717, 1.165) is 0 Å². The van der Waals surface area contributed by atoms with Crippen LogP contribution in [0.15, 0.2) is 0 Å². The summed E-state index contributed by atoms with van der Waals surface area (Å²) in [5, 5.41) is 6.46. The molecule has 0 atom stereocenters. The van der Waals surface area contributed by atoms with Crippen LogP contribution in [-0.4, -0.2) is 73.3 Å². The Balaban J connectivity index is 0. The van der Waals surface area contributed by atoms with Gasteiger partial charge in [0.25, 0.3) is 0 Å². The summed E-state index contributed by atoms with van der Waals surface area (Å²) in [7, 11) is -4.91. The van der Waals surface area contributed by atoms with Crippen molar-refractivity contribution < 1.29 is 28.5 Å². The zero-order chi connectivity index (χ0) is 9.78. The van der Waals surface area contributed by atoms with Crippen LogP contribution in [0.4, 0.5) is 4.79 Å². The van der Waals surface area contributed by atoms with Crippen LogP contribution in [0.2, 0.25) is 0 Å². The topological polar surface area (TPSA) is 155 Å². The van der Waals surface area contributed by atoms with Crippen molar-refractivity contribution in [3.05, 3.63) is 0 Å². The number of nitrogens with two attached hydrogens (primary N) is 1. The van der Waals surface area contributed by atoms with Crippen LogP contribution < -0.4 is 11.2 Å². The van der Waals surface area contributed by atoms with E-state index in [1.807, 2.05) is 0 Å². The second-order valence-corrected chi connectivity index (χ2v) is 2.61. The predicted octanol–water partition coefficient (Wildman–Crippen LogP) is -2.02. The van der Waals surface area contributed by atoms with E-state index >= 15 is 0 Å². The molecule has 0 amide bonds. The molecule has 0 saturated carbocycles. The average molecular weight is 239 g/mol. The molecule has 0 aliphatic rings. The number of phosphoric ester groups is 1. The van der Waals surface area contributed by atoms with Crippen molar-refractivity contribution in [1.82, 2.24) is 5.48 Å². The number of guanidine groups is 1. The number of hydroxylamine groups is 1. The van der Waals surface area contributed by atoms with Gasteiger partial charge in [0.15, 0.2) is 0 Å². The number of carbonyl (C=O) groups is 1. The Kier molecular flexibility index (Phi) is 8.17. The molecule has 0 aliphatic heterocycles. The van der Waals surface area contributed by atoms with Crippen LogP contribution in [0, 0.1) is 5.41 Å². The number of hydrogen-bond acceptors (Lipinski definition) is 5. The minimum absolute atomic E-state index is 0. The molecule has 0 rings (SSSR count). The predicted molar refractivity (Wildman–Crippen MR) is 41.8 cm³/mol. The van der Waals surface area contributed by atoms with E-state index < -0.39 is 19.9 Å². The summed E-state index contributed by atoms with van der Waals surface area (Å²) >= 11 is 0. The van der Waals surface area contributed by atoms with Gasteiger partial charge in [0, 0.05) is 0 Å². The number of carbonyl (C=O) groups excluding carboxylic acids is 1. The molecule has 13 heavy (non-hydrogen) atoms. The summed E-state index contributed by atoms with van der Waals surface area (Å²) in [6.45, 7) is 0. The maximum atomic E-state index is 10.2. The molecule has 0 radical (unpaired) electrons. The summed E-state index contributed by atoms with van der Waals surface area (Å²) in [6, 6.07) is 0. The molecule has 0 aromatic rings. The van der Waals surface area contributed by atoms with E-state index in [1.165, 1.54) is 5.48 Å². The van der Waals surface area contributed by atoms with Gasteiger partial charge in [-0.05, 0) is 0 Å². The first-order valence-corrected chi connectivity index (χ1v) is 3.90. The minimum atomic E-state index is -4.91. The summed E-state index contributed by atoms with van der Waals surface area (Å²) < 4.78 is 13.3. The molecule has 0 unspecified atom stereocenters. The summed E-state index contributed by atoms with van der Waals surface area (Å²) in [6.07, 6.45) is -1.68. The van der Waals surface area contributed by atoms with E-state index in [0.29, 0.717) is 0 Å². The van der Waals surface area contributed by atoms with Crippen LogP contribution in [0.1, 0.15) is 0 Å². The Bertz CT molecular complexity index is 238. The van der Waals surface area contributed by atoms with Crippen molar-refractivity contribution >= 4 is 71.3 Å². The van der Waals surface area contributed by atoms with E-state index in [4.69, 9.17) is 15.2 Å². The monoisotopic (exact) mass is 239 g/mol. The third-order valence-electron chi connectivity index (χ3n) is 0.438. The molecule has 0 heterocycles. The molecule has 9 nitrogen and oxygen atoms in total. The second kappa shape index (κ2) is 6.73. The first-order chi connectivity index (χ1) is 5.31. The molecular formula is C2H7KN3O6P. The first-order valence-electron chi connectivity index (χ1n) is 2.37. The number of phosphoric acid groups is 1. The maximum absolute atomic E-state index is 10.2. The fourth-order valence-electron chi connectivity index (χ4n) is 0.212. The van der Waals surface area contributed by atoms with Crippen molar-refractivity contribution in [2.24, 2.45) is 5.73 Å². The van der Waals surface area contributed by atoms with Crippen molar-refractivity contribution in [1.29, 1.82) is 5.41 Å². The van der Waals surface area contributed by atoms with Crippen molar-refractivity contribution in [3.8, 4) is 0 Å². The van der Waals surface area contributed by atoms with Gasteiger partial charge in [0.1, 0.15) is 0 Å². The third-order valence-corrected chi connectivity index (χ3v) is 0.825. The Hall–Kier alpha value is 0.326. The van der Waals surface area contributed by atoms with Crippen molar-refractivity contribution in [2.45, 2.75) is 0 Å². The van der Waals surface area contributed by atoms with Crippen LogP contribution in [0.5, 0.6) is 0 Å². The van der Waals surface area contributed by atoms with E-state index in [1.54, 1.807) is 0 Å². The SMILES string of the molecule is N=C(N)NOC(=O)OP(=O)(O)O.[KH]. The summed E-state index contributed by atoms with van der Waals surface area (Å²) in [4.78, 5) is 30.0. The van der Waals surface area contributed by atoms with Crippen molar-refractivity contribution in [3.63, 3.8) is 0 Å². The van der Waals surface area contributed by atoms with E-state index in [2.05, 4.69) is 15.1 Å². The zero-order valence-corrected chi connectivity index (χ0v) is 6.45. The molecule has 0 aromatic heterocycles. The molecule has 0 fully saturated rings. The third kappa shape index (κ3) is 12.3. The number of hydrogen-bond donors (Lipinski definition) is 5. The quantitative estimate of drug-likeness (QED) is 0.115. The van der Waals surface area contributed by atoms with Gasteiger partial charge in [-0.15, -0.1) is 0 Å². The molecule has 0 spiro atoms. The van der Waals surface area contributed by atoms with Gasteiger partial charge in [-0.3, -0.25) is 15.2 Å². The van der Waals surface area contributed by atoms with E-state index in [-0.39, 0.29) is 51.4 Å². The van der Waals surface area contributed by atoms with Crippen LogP contribution >= 0.6 is 7.82 Å².